The fraction of sp³-hybridized carbons (Fsp3) is 0.364. The molecule has 0 aliphatic carbocycles. The number of hydrogen-bond acceptors (Lipinski definition) is 3. The summed E-state index contributed by atoms with van der Waals surface area (Å²) in [6, 6.07) is 15.2. The van der Waals surface area contributed by atoms with Crippen LogP contribution in [0.2, 0.25) is 0 Å². The zero-order valence-electron chi connectivity index (χ0n) is 17.1. The van der Waals surface area contributed by atoms with Crippen molar-refractivity contribution in [3.8, 4) is 5.75 Å². The molecule has 6 nitrogen and oxygen atoms in total. The van der Waals surface area contributed by atoms with Gasteiger partial charge in [-0.1, -0.05) is 30.3 Å². The Morgan fingerprint density at radius 2 is 1.86 bits per heavy atom. The lowest BCUT2D eigenvalue weighted by molar-refractivity contribution is 0.1000. The highest BCUT2D eigenvalue weighted by atomic mass is 16.5. The first-order chi connectivity index (χ1) is 13.3. The van der Waals surface area contributed by atoms with Gasteiger partial charge in [-0.15, -0.1) is 0 Å². The number of para-hydroxylation sites is 1. The van der Waals surface area contributed by atoms with E-state index in [0.29, 0.717) is 24.6 Å². The smallest absolute Gasteiger partial charge is 0.248 e. The number of benzene rings is 2. The summed E-state index contributed by atoms with van der Waals surface area (Å²) in [7, 11) is 0. The van der Waals surface area contributed by atoms with Crippen LogP contribution in [0.1, 0.15) is 49.2 Å². The number of aliphatic imine (C=N–C) groups is 1. The largest absolute Gasteiger partial charge is 0.488 e. The summed E-state index contributed by atoms with van der Waals surface area (Å²) in [5, 5.41) is 6.57. The monoisotopic (exact) mass is 382 g/mol. The highest BCUT2D eigenvalue weighted by Crippen LogP contribution is 2.22. The number of nitrogens with two attached hydrogens (primary N) is 1. The van der Waals surface area contributed by atoms with Crippen LogP contribution in [0, 0.1) is 0 Å². The average Bonchev–Trinajstić information content (AvgIpc) is 2.64. The number of amides is 1. The molecule has 0 radical (unpaired) electrons. The lowest BCUT2D eigenvalue weighted by Crippen LogP contribution is -2.37. The zero-order valence-corrected chi connectivity index (χ0v) is 17.1. The molecule has 2 aromatic rings. The number of guanidine groups is 1. The molecule has 6 heteroatoms. The fourth-order valence-corrected chi connectivity index (χ4v) is 2.59. The highest BCUT2D eigenvalue weighted by molar-refractivity contribution is 5.92. The van der Waals surface area contributed by atoms with E-state index < -0.39 is 5.91 Å². The molecule has 0 spiro atoms. The average molecular weight is 383 g/mol. The maximum atomic E-state index is 11.3. The van der Waals surface area contributed by atoms with Crippen molar-refractivity contribution in [3.05, 3.63) is 65.2 Å². The third-order valence-corrected chi connectivity index (χ3v) is 3.81. The third-order valence-electron chi connectivity index (χ3n) is 3.81. The molecule has 0 saturated heterocycles. The van der Waals surface area contributed by atoms with Gasteiger partial charge in [0.05, 0.1) is 6.54 Å². The quantitative estimate of drug-likeness (QED) is 0.507. The molecule has 2 rings (SSSR count). The summed E-state index contributed by atoms with van der Waals surface area (Å²) in [5.41, 5.74) is 7.54. The van der Waals surface area contributed by atoms with Crippen LogP contribution < -0.4 is 21.1 Å². The van der Waals surface area contributed by atoms with Crippen molar-refractivity contribution in [2.45, 2.75) is 46.4 Å². The normalized spacial score (nSPS) is 11.8. The molecule has 2 aromatic carbocycles. The molecular weight excluding hydrogens is 352 g/mol. The molecule has 28 heavy (non-hydrogen) atoms. The summed E-state index contributed by atoms with van der Waals surface area (Å²) >= 11 is 0. The van der Waals surface area contributed by atoms with Crippen LogP contribution in [-0.4, -0.2) is 24.0 Å². The molecule has 4 N–H and O–H groups in total. The maximum absolute atomic E-state index is 11.3. The van der Waals surface area contributed by atoms with E-state index in [-0.39, 0.29) is 5.60 Å². The van der Waals surface area contributed by atoms with E-state index in [9.17, 15) is 4.79 Å². The molecule has 150 valence electrons. The first-order valence-electron chi connectivity index (χ1n) is 9.46. The number of nitrogens with zero attached hydrogens (tertiary/aromatic N) is 1. The summed E-state index contributed by atoms with van der Waals surface area (Å²) in [6.45, 7) is 9.87. The van der Waals surface area contributed by atoms with E-state index in [1.54, 1.807) is 12.1 Å². The Hall–Kier alpha value is -3.02. The number of ether oxygens (including phenoxy) is 1. The van der Waals surface area contributed by atoms with E-state index in [4.69, 9.17) is 10.5 Å². The van der Waals surface area contributed by atoms with Gasteiger partial charge in [0.1, 0.15) is 11.4 Å². The SMILES string of the molecule is CCNC(=NCc1cccc(C(N)=O)c1)NCc1ccccc1OC(C)(C)C. The maximum Gasteiger partial charge on any atom is 0.248 e. The van der Waals surface area contributed by atoms with Crippen molar-refractivity contribution in [1.82, 2.24) is 10.6 Å². The van der Waals surface area contributed by atoms with E-state index in [1.165, 1.54) is 0 Å². The number of primary amides is 1. The van der Waals surface area contributed by atoms with Gasteiger partial charge >= 0.3 is 0 Å². The Morgan fingerprint density at radius 3 is 2.54 bits per heavy atom. The Kier molecular flexibility index (Phi) is 7.44. The van der Waals surface area contributed by atoms with Crippen LogP contribution in [0.3, 0.4) is 0 Å². The second-order valence-electron chi connectivity index (χ2n) is 7.44. The van der Waals surface area contributed by atoms with Crippen LogP contribution in [0.5, 0.6) is 5.75 Å². The van der Waals surface area contributed by atoms with Gasteiger partial charge in [-0.2, -0.15) is 0 Å². The van der Waals surface area contributed by atoms with Crippen LogP contribution in [0.25, 0.3) is 0 Å². The minimum atomic E-state index is -0.439. The Morgan fingerprint density at radius 1 is 1.11 bits per heavy atom. The Bertz CT molecular complexity index is 825. The summed E-state index contributed by atoms with van der Waals surface area (Å²) < 4.78 is 6.05. The second kappa shape index (κ2) is 9.78. The number of hydrogen-bond donors (Lipinski definition) is 3. The van der Waals surface area contributed by atoms with Crippen molar-refractivity contribution < 1.29 is 9.53 Å². The van der Waals surface area contributed by atoms with Crippen molar-refractivity contribution in [3.63, 3.8) is 0 Å². The molecule has 0 aromatic heterocycles. The van der Waals surface area contributed by atoms with Crippen LogP contribution >= 0.6 is 0 Å². The molecule has 1 amide bonds. The Balaban J connectivity index is 2.08. The number of rotatable bonds is 7. The lowest BCUT2D eigenvalue weighted by Gasteiger charge is -2.23. The fourth-order valence-electron chi connectivity index (χ4n) is 2.59. The van der Waals surface area contributed by atoms with E-state index in [0.717, 1.165) is 23.4 Å². The molecule has 0 bridgehead atoms. The van der Waals surface area contributed by atoms with Crippen molar-refractivity contribution in [2.75, 3.05) is 6.54 Å². The molecule has 0 heterocycles. The predicted octanol–water partition coefficient (Wildman–Crippen LogP) is 3.22. The van der Waals surface area contributed by atoms with Gasteiger partial charge in [-0.25, -0.2) is 4.99 Å². The van der Waals surface area contributed by atoms with E-state index >= 15 is 0 Å². The number of nitrogens with one attached hydrogen (secondary N) is 2. The lowest BCUT2D eigenvalue weighted by atomic mass is 10.1. The van der Waals surface area contributed by atoms with E-state index in [1.807, 2.05) is 64.1 Å². The first-order valence-corrected chi connectivity index (χ1v) is 9.46. The van der Waals surface area contributed by atoms with Crippen molar-refractivity contribution >= 4 is 11.9 Å². The summed E-state index contributed by atoms with van der Waals surface area (Å²) in [5.74, 6) is 1.11. The van der Waals surface area contributed by atoms with Crippen LogP contribution in [0.4, 0.5) is 0 Å². The van der Waals surface area contributed by atoms with Gasteiger partial charge in [-0.05, 0) is 51.5 Å². The van der Waals surface area contributed by atoms with E-state index in [2.05, 4.69) is 15.6 Å². The minimum absolute atomic E-state index is 0.264. The number of carbonyl (C=O) groups excluding carboxylic acids is 1. The molecule has 0 atom stereocenters. The third kappa shape index (κ3) is 6.95. The molecular formula is C22H30N4O2. The molecule has 0 aliphatic rings. The zero-order chi connectivity index (χ0) is 20.6. The predicted molar refractivity (Wildman–Crippen MR) is 113 cm³/mol. The molecule has 0 fully saturated rings. The second-order valence-corrected chi connectivity index (χ2v) is 7.44. The van der Waals surface area contributed by atoms with Gasteiger partial charge < -0.3 is 21.1 Å². The van der Waals surface area contributed by atoms with Crippen LogP contribution in [0.15, 0.2) is 53.5 Å². The van der Waals surface area contributed by atoms with Crippen LogP contribution in [-0.2, 0) is 13.1 Å². The van der Waals surface area contributed by atoms with Crippen molar-refractivity contribution in [1.29, 1.82) is 0 Å². The standard InChI is InChI=1S/C22H30N4O2/c1-5-24-21(25-14-16-9-8-11-17(13-16)20(23)27)26-15-18-10-6-7-12-19(18)28-22(2,3)4/h6-13H,5,14-15H2,1-4H3,(H2,23,27)(H2,24,25,26). The summed E-state index contributed by atoms with van der Waals surface area (Å²) in [6.07, 6.45) is 0. The molecule has 0 aliphatic heterocycles. The van der Waals surface area contributed by atoms with Gasteiger partial charge in [0, 0.05) is 24.2 Å². The first kappa shape index (κ1) is 21.3. The van der Waals surface area contributed by atoms with Gasteiger partial charge in [-0.3, -0.25) is 4.79 Å². The van der Waals surface area contributed by atoms with Gasteiger partial charge in [0.2, 0.25) is 5.91 Å². The van der Waals surface area contributed by atoms with Gasteiger partial charge in [0.15, 0.2) is 5.96 Å². The Labute approximate surface area is 167 Å². The molecule has 0 saturated carbocycles. The summed E-state index contributed by atoms with van der Waals surface area (Å²) in [4.78, 5) is 15.9. The van der Waals surface area contributed by atoms with Crippen molar-refractivity contribution in [2.24, 2.45) is 10.7 Å². The minimum Gasteiger partial charge on any atom is -0.488 e. The topological polar surface area (TPSA) is 88.7 Å². The molecule has 0 unspecified atom stereocenters. The van der Waals surface area contributed by atoms with Gasteiger partial charge in [0.25, 0.3) is 0 Å². The highest BCUT2D eigenvalue weighted by Gasteiger charge is 2.14. The number of carbonyl (C=O) groups is 1.